The molecule has 0 unspecified atom stereocenters. The number of ether oxygens (including phenoxy) is 2. The first-order valence-corrected chi connectivity index (χ1v) is 5.47. The molecular formula is C10H10O4S2. The number of benzene rings is 1. The Balaban J connectivity index is 2.46. The van der Waals surface area contributed by atoms with Crippen LogP contribution in [0.5, 0.6) is 11.5 Å². The van der Waals surface area contributed by atoms with Crippen LogP contribution in [-0.4, -0.2) is 17.5 Å². The van der Waals surface area contributed by atoms with Gasteiger partial charge in [0.05, 0.1) is 7.11 Å². The Hall–Kier alpha value is -1.27. The second kappa shape index (κ2) is 6.34. The van der Waals surface area contributed by atoms with E-state index in [1.54, 1.807) is 31.4 Å². The van der Waals surface area contributed by atoms with Crippen molar-refractivity contribution in [3.63, 3.8) is 0 Å². The summed E-state index contributed by atoms with van der Waals surface area (Å²) in [5.41, 5.74) is 0. The van der Waals surface area contributed by atoms with Gasteiger partial charge in [0.15, 0.2) is 0 Å². The van der Waals surface area contributed by atoms with E-state index in [0.29, 0.717) is 5.75 Å². The van der Waals surface area contributed by atoms with Gasteiger partial charge in [-0.1, -0.05) is 0 Å². The van der Waals surface area contributed by atoms with Crippen LogP contribution in [0.4, 0.5) is 0 Å². The van der Waals surface area contributed by atoms with E-state index in [9.17, 15) is 4.79 Å². The SMILES string of the molecule is COc1ccc(OC(=S)SOC(C)=O)cc1. The molecule has 86 valence electrons. The van der Waals surface area contributed by atoms with Gasteiger partial charge in [-0.3, -0.25) is 4.79 Å². The summed E-state index contributed by atoms with van der Waals surface area (Å²) < 4.78 is 14.9. The molecule has 0 aromatic heterocycles. The molecule has 1 aromatic rings. The van der Waals surface area contributed by atoms with Crippen LogP contribution in [0.2, 0.25) is 0 Å². The van der Waals surface area contributed by atoms with Crippen molar-refractivity contribution in [2.24, 2.45) is 0 Å². The molecule has 0 N–H and O–H groups in total. The predicted molar refractivity (Wildman–Crippen MR) is 65.6 cm³/mol. The predicted octanol–water partition coefficient (Wildman–Crippen LogP) is 2.57. The van der Waals surface area contributed by atoms with Crippen molar-refractivity contribution in [2.45, 2.75) is 6.92 Å². The molecule has 0 fully saturated rings. The average molecular weight is 258 g/mol. The number of hydrogen-bond donors (Lipinski definition) is 0. The third kappa shape index (κ3) is 4.50. The lowest BCUT2D eigenvalue weighted by Crippen LogP contribution is -2.03. The van der Waals surface area contributed by atoms with Gasteiger partial charge in [0, 0.05) is 6.92 Å². The maximum absolute atomic E-state index is 10.5. The van der Waals surface area contributed by atoms with E-state index in [1.165, 1.54) is 6.92 Å². The van der Waals surface area contributed by atoms with Crippen LogP contribution < -0.4 is 9.47 Å². The van der Waals surface area contributed by atoms with Crippen LogP contribution in [-0.2, 0) is 8.98 Å². The highest BCUT2D eigenvalue weighted by Crippen LogP contribution is 2.19. The molecule has 0 bridgehead atoms. The first-order chi connectivity index (χ1) is 7.61. The Morgan fingerprint density at radius 2 is 1.81 bits per heavy atom. The lowest BCUT2D eigenvalue weighted by molar-refractivity contribution is -0.130. The van der Waals surface area contributed by atoms with Gasteiger partial charge in [0.25, 0.3) is 4.38 Å². The van der Waals surface area contributed by atoms with Crippen molar-refractivity contribution in [3.05, 3.63) is 24.3 Å². The summed E-state index contributed by atoms with van der Waals surface area (Å²) in [5.74, 6) is 0.863. The van der Waals surface area contributed by atoms with Gasteiger partial charge < -0.3 is 13.7 Å². The van der Waals surface area contributed by atoms with E-state index >= 15 is 0 Å². The molecule has 0 heterocycles. The first-order valence-electron chi connectivity index (χ1n) is 4.33. The van der Waals surface area contributed by atoms with Gasteiger partial charge in [-0.25, -0.2) is 0 Å². The zero-order chi connectivity index (χ0) is 12.0. The topological polar surface area (TPSA) is 44.8 Å². The van der Waals surface area contributed by atoms with Gasteiger partial charge in [0.1, 0.15) is 23.5 Å². The minimum Gasteiger partial charge on any atom is -0.497 e. The maximum Gasteiger partial charge on any atom is 0.315 e. The standard InChI is InChI=1S/C10H10O4S2/c1-7(11)14-16-10(15)13-9-5-3-8(12-2)4-6-9/h3-6H,1-2H3. The van der Waals surface area contributed by atoms with E-state index in [-0.39, 0.29) is 4.38 Å². The minimum atomic E-state index is -0.425. The highest BCUT2D eigenvalue weighted by atomic mass is 32.2. The quantitative estimate of drug-likeness (QED) is 0.600. The molecule has 1 rings (SSSR count). The van der Waals surface area contributed by atoms with E-state index in [0.717, 1.165) is 17.8 Å². The van der Waals surface area contributed by atoms with Gasteiger partial charge in [-0.05, 0) is 36.5 Å². The Morgan fingerprint density at radius 1 is 1.25 bits per heavy atom. The number of methoxy groups -OCH3 is 1. The zero-order valence-electron chi connectivity index (χ0n) is 8.76. The fourth-order valence-corrected chi connectivity index (χ4v) is 1.36. The third-order valence-corrected chi connectivity index (χ3v) is 2.31. The summed E-state index contributed by atoms with van der Waals surface area (Å²) in [6.07, 6.45) is 0. The molecule has 0 aliphatic heterocycles. The van der Waals surface area contributed by atoms with Crippen molar-refractivity contribution in [1.82, 2.24) is 0 Å². The summed E-state index contributed by atoms with van der Waals surface area (Å²) in [5, 5.41) is 0. The molecule has 1 aromatic carbocycles. The van der Waals surface area contributed by atoms with E-state index in [2.05, 4.69) is 4.18 Å². The van der Waals surface area contributed by atoms with Crippen LogP contribution in [0.1, 0.15) is 6.92 Å². The Labute approximate surface area is 103 Å². The fraction of sp³-hybridized carbons (Fsp3) is 0.200. The summed E-state index contributed by atoms with van der Waals surface area (Å²) >= 11 is 5.57. The van der Waals surface area contributed by atoms with E-state index in [4.69, 9.17) is 21.7 Å². The van der Waals surface area contributed by atoms with Crippen molar-refractivity contribution in [2.75, 3.05) is 7.11 Å². The number of carbonyl (C=O) groups is 1. The largest absolute Gasteiger partial charge is 0.497 e. The van der Waals surface area contributed by atoms with Crippen LogP contribution >= 0.6 is 24.3 Å². The first kappa shape index (κ1) is 12.8. The summed E-state index contributed by atoms with van der Waals surface area (Å²) in [6.45, 7) is 1.29. The van der Waals surface area contributed by atoms with Gasteiger partial charge in [-0.15, -0.1) is 0 Å². The maximum atomic E-state index is 10.5. The molecule has 0 aliphatic carbocycles. The molecule has 0 saturated heterocycles. The summed E-state index contributed by atoms with van der Waals surface area (Å²) in [4.78, 5) is 10.5. The molecular weight excluding hydrogens is 248 g/mol. The number of rotatable bonds is 2. The van der Waals surface area contributed by atoms with Crippen LogP contribution in [0.15, 0.2) is 24.3 Å². The van der Waals surface area contributed by atoms with Crippen LogP contribution in [0.3, 0.4) is 0 Å². The van der Waals surface area contributed by atoms with Crippen LogP contribution in [0.25, 0.3) is 0 Å². The number of thiocarbonyl (C=S) groups is 1. The minimum absolute atomic E-state index is 0.125. The Bertz CT molecular complexity index is 375. The molecule has 0 spiro atoms. The van der Waals surface area contributed by atoms with Crippen molar-refractivity contribution in [1.29, 1.82) is 0 Å². The Kier molecular flexibility index (Phi) is 5.07. The zero-order valence-corrected chi connectivity index (χ0v) is 10.4. The monoisotopic (exact) mass is 258 g/mol. The fourth-order valence-electron chi connectivity index (χ4n) is 0.850. The normalized spacial score (nSPS) is 9.38. The van der Waals surface area contributed by atoms with E-state index < -0.39 is 5.97 Å². The number of hydrogen-bond acceptors (Lipinski definition) is 6. The third-order valence-electron chi connectivity index (χ3n) is 1.49. The lowest BCUT2D eigenvalue weighted by Gasteiger charge is -2.05. The molecule has 0 amide bonds. The van der Waals surface area contributed by atoms with Gasteiger partial charge >= 0.3 is 5.97 Å². The highest BCUT2D eigenvalue weighted by molar-refractivity contribution is 8.19. The van der Waals surface area contributed by atoms with Crippen molar-refractivity contribution < 1.29 is 18.5 Å². The average Bonchev–Trinajstić information content (AvgIpc) is 2.27. The molecule has 0 radical (unpaired) electrons. The smallest absolute Gasteiger partial charge is 0.315 e. The molecule has 0 saturated carbocycles. The van der Waals surface area contributed by atoms with Crippen molar-refractivity contribution in [3.8, 4) is 11.5 Å². The van der Waals surface area contributed by atoms with Crippen LogP contribution in [0, 0.1) is 0 Å². The summed E-state index contributed by atoms with van der Waals surface area (Å²) in [6, 6.07) is 6.90. The molecule has 0 atom stereocenters. The number of carbonyl (C=O) groups excluding carboxylic acids is 1. The Morgan fingerprint density at radius 3 is 2.31 bits per heavy atom. The second-order valence-corrected chi connectivity index (χ2v) is 4.02. The molecule has 16 heavy (non-hydrogen) atoms. The molecule has 6 heteroatoms. The highest BCUT2D eigenvalue weighted by Gasteiger charge is 2.05. The second-order valence-electron chi connectivity index (χ2n) is 2.69. The van der Waals surface area contributed by atoms with Crippen molar-refractivity contribution >= 4 is 34.6 Å². The van der Waals surface area contributed by atoms with E-state index in [1.807, 2.05) is 0 Å². The lowest BCUT2D eigenvalue weighted by atomic mass is 10.3. The van der Waals surface area contributed by atoms with Gasteiger partial charge in [-0.2, -0.15) is 0 Å². The summed E-state index contributed by atoms with van der Waals surface area (Å²) in [7, 11) is 1.58. The van der Waals surface area contributed by atoms with Gasteiger partial charge in [0.2, 0.25) is 0 Å². The molecule has 4 nitrogen and oxygen atoms in total. The molecule has 0 aliphatic rings.